The molecule has 0 unspecified atom stereocenters. The minimum atomic E-state index is -1.12. The lowest BCUT2D eigenvalue weighted by atomic mass is 10.1. The number of nitrogens with zero attached hydrogens (tertiary/aromatic N) is 1. The second kappa shape index (κ2) is 9.80. The number of ether oxygens (including phenoxy) is 2. The topological polar surface area (TPSA) is 67.9 Å². The molecule has 6 heteroatoms. The summed E-state index contributed by atoms with van der Waals surface area (Å²) < 4.78 is 11.0. The van der Waals surface area contributed by atoms with Gasteiger partial charge < -0.3 is 19.7 Å². The van der Waals surface area contributed by atoms with Gasteiger partial charge in [0.25, 0.3) is 5.91 Å². The number of hydrogen-bond donors (Lipinski definition) is 1. The van der Waals surface area contributed by atoms with Crippen molar-refractivity contribution in [1.82, 2.24) is 0 Å². The molecule has 160 valence electrons. The number of amides is 1. The first-order chi connectivity index (χ1) is 14.9. The molecule has 3 aromatic rings. The summed E-state index contributed by atoms with van der Waals surface area (Å²) in [6.45, 7) is 1.92. The van der Waals surface area contributed by atoms with Crippen LogP contribution in [-0.4, -0.2) is 33.1 Å². The van der Waals surface area contributed by atoms with Gasteiger partial charge in [0.15, 0.2) is 0 Å². The van der Waals surface area contributed by atoms with E-state index in [1.807, 2.05) is 44.1 Å². The van der Waals surface area contributed by atoms with Gasteiger partial charge in [-0.1, -0.05) is 42.5 Å². The molecule has 1 N–H and O–H groups in total. The van der Waals surface area contributed by atoms with Crippen molar-refractivity contribution in [1.29, 1.82) is 0 Å². The fraction of sp³-hybridized carbons (Fsp3) is 0.200. The third-order valence-electron chi connectivity index (χ3n) is 4.78. The fourth-order valence-corrected chi connectivity index (χ4v) is 3.10. The molecule has 1 atom stereocenters. The maximum absolute atomic E-state index is 13.2. The highest BCUT2D eigenvalue weighted by Gasteiger charge is 2.26. The molecule has 0 saturated heterocycles. The third kappa shape index (κ3) is 5.42. The monoisotopic (exact) mass is 418 g/mol. The van der Waals surface area contributed by atoms with Gasteiger partial charge in [-0.3, -0.25) is 4.79 Å². The van der Waals surface area contributed by atoms with E-state index in [9.17, 15) is 9.59 Å². The number of esters is 1. The Kier molecular flexibility index (Phi) is 6.92. The Hall–Kier alpha value is -3.80. The third-order valence-corrected chi connectivity index (χ3v) is 4.78. The van der Waals surface area contributed by atoms with Crippen molar-refractivity contribution in [2.24, 2.45) is 0 Å². The molecule has 0 aliphatic heterocycles. The van der Waals surface area contributed by atoms with E-state index in [1.54, 1.807) is 54.6 Å². The summed E-state index contributed by atoms with van der Waals surface area (Å²) in [5.41, 5.74) is 3.28. The van der Waals surface area contributed by atoms with Crippen molar-refractivity contribution >= 4 is 23.3 Å². The van der Waals surface area contributed by atoms with E-state index in [1.165, 1.54) is 7.11 Å². The first-order valence-electron chi connectivity index (χ1n) is 9.88. The smallest absolute Gasteiger partial charge is 0.339 e. The standard InChI is InChI=1S/C25H26N2O4/c1-17-13-14-22(30-4)21(15-17)26-24(28)23(18-9-6-5-7-10-18)31-25(29)19-11-8-12-20(16-19)27(2)3/h5-16,23H,1-4H3,(H,26,28)/t23-/m0/s1. The minimum absolute atomic E-state index is 0.369. The fourth-order valence-electron chi connectivity index (χ4n) is 3.10. The second-order valence-corrected chi connectivity index (χ2v) is 7.33. The number of nitrogens with one attached hydrogen (secondary N) is 1. The van der Waals surface area contributed by atoms with Crippen LogP contribution in [0.15, 0.2) is 72.8 Å². The maximum atomic E-state index is 13.2. The molecule has 0 aliphatic carbocycles. The lowest BCUT2D eigenvalue weighted by Crippen LogP contribution is -2.26. The number of hydrogen-bond acceptors (Lipinski definition) is 5. The van der Waals surface area contributed by atoms with Gasteiger partial charge >= 0.3 is 5.97 Å². The van der Waals surface area contributed by atoms with E-state index in [4.69, 9.17) is 9.47 Å². The van der Waals surface area contributed by atoms with E-state index in [0.29, 0.717) is 22.6 Å². The summed E-state index contributed by atoms with van der Waals surface area (Å²) in [6, 6.07) is 21.5. The van der Waals surface area contributed by atoms with Crippen LogP contribution >= 0.6 is 0 Å². The van der Waals surface area contributed by atoms with Crippen LogP contribution in [0.4, 0.5) is 11.4 Å². The average molecular weight is 418 g/mol. The number of anilines is 2. The molecule has 0 spiro atoms. The van der Waals surface area contributed by atoms with Gasteiger partial charge in [0.1, 0.15) is 5.75 Å². The first-order valence-corrected chi connectivity index (χ1v) is 9.88. The van der Waals surface area contributed by atoms with Gasteiger partial charge in [0.2, 0.25) is 6.10 Å². The molecule has 0 bridgehead atoms. The van der Waals surface area contributed by atoms with Crippen molar-refractivity contribution in [3.05, 3.63) is 89.5 Å². The van der Waals surface area contributed by atoms with Crippen LogP contribution in [0, 0.1) is 6.92 Å². The zero-order valence-electron chi connectivity index (χ0n) is 18.1. The molecule has 1 amide bonds. The number of methoxy groups -OCH3 is 1. The molecule has 3 rings (SSSR count). The van der Waals surface area contributed by atoms with Crippen molar-refractivity contribution < 1.29 is 19.1 Å². The largest absolute Gasteiger partial charge is 0.495 e. The minimum Gasteiger partial charge on any atom is -0.495 e. The Morgan fingerprint density at radius 1 is 0.935 bits per heavy atom. The van der Waals surface area contributed by atoms with Crippen LogP contribution in [0.3, 0.4) is 0 Å². The lowest BCUT2D eigenvalue weighted by molar-refractivity contribution is -0.125. The highest BCUT2D eigenvalue weighted by molar-refractivity contribution is 5.99. The highest BCUT2D eigenvalue weighted by Crippen LogP contribution is 2.28. The van der Waals surface area contributed by atoms with Crippen LogP contribution in [0.2, 0.25) is 0 Å². The van der Waals surface area contributed by atoms with Crippen molar-refractivity contribution in [2.45, 2.75) is 13.0 Å². The van der Waals surface area contributed by atoms with Crippen molar-refractivity contribution in [3.63, 3.8) is 0 Å². The molecule has 3 aromatic carbocycles. The van der Waals surface area contributed by atoms with Gasteiger partial charge in [0.05, 0.1) is 18.4 Å². The molecule has 0 heterocycles. The van der Waals surface area contributed by atoms with Crippen LogP contribution in [0.5, 0.6) is 5.75 Å². The molecule has 6 nitrogen and oxygen atoms in total. The summed E-state index contributed by atoms with van der Waals surface area (Å²) in [5, 5.41) is 2.84. The predicted octanol–water partition coefficient (Wildman–Crippen LogP) is 4.61. The highest BCUT2D eigenvalue weighted by atomic mass is 16.5. The Bertz CT molecular complexity index is 1060. The molecular formula is C25H26N2O4. The Morgan fingerprint density at radius 3 is 2.35 bits per heavy atom. The molecule has 0 aliphatic rings. The Labute approximate surface area is 182 Å². The normalized spacial score (nSPS) is 11.4. The summed E-state index contributed by atoms with van der Waals surface area (Å²) in [7, 11) is 5.31. The van der Waals surface area contributed by atoms with Crippen LogP contribution in [0.25, 0.3) is 0 Å². The zero-order chi connectivity index (χ0) is 22.4. The van der Waals surface area contributed by atoms with Gasteiger partial charge in [-0.05, 0) is 42.8 Å². The van der Waals surface area contributed by atoms with Crippen LogP contribution < -0.4 is 15.0 Å². The predicted molar refractivity (Wildman–Crippen MR) is 122 cm³/mol. The molecule has 0 radical (unpaired) electrons. The molecule has 0 aromatic heterocycles. The van der Waals surface area contributed by atoms with E-state index in [0.717, 1.165) is 11.3 Å². The van der Waals surface area contributed by atoms with E-state index >= 15 is 0 Å². The maximum Gasteiger partial charge on any atom is 0.339 e. The zero-order valence-corrected chi connectivity index (χ0v) is 18.1. The molecule has 0 fully saturated rings. The van der Waals surface area contributed by atoms with Crippen molar-refractivity contribution in [3.8, 4) is 5.75 Å². The van der Waals surface area contributed by atoms with Gasteiger partial charge in [-0.2, -0.15) is 0 Å². The van der Waals surface area contributed by atoms with E-state index < -0.39 is 18.0 Å². The first kappa shape index (κ1) is 21.9. The summed E-state index contributed by atoms with van der Waals surface area (Å²) in [5.74, 6) is -0.521. The van der Waals surface area contributed by atoms with Crippen LogP contribution in [-0.2, 0) is 9.53 Å². The van der Waals surface area contributed by atoms with Gasteiger partial charge in [-0.15, -0.1) is 0 Å². The van der Waals surface area contributed by atoms with Crippen molar-refractivity contribution in [2.75, 3.05) is 31.4 Å². The number of aryl methyl sites for hydroxylation is 1. The van der Waals surface area contributed by atoms with Gasteiger partial charge in [0, 0.05) is 25.3 Å². The summed E-state index contributed by atoms with van der Waals surface area (Å²) >= 11 is 0. The van der Waals surface area contributed by atoms with Gasteiger partial charge in [-0.25, -0.2) is 4.79 Å². The molecule has 0 saturated carbocycles. The Morgan fingerprint density at radius 2 is 1.68 bits per heavy atom. The Balaban J connectivity index is 1.89. The summed E-state index contributed by atoms with van der Waals surface area (Å²) in [4.78, 5) is 28.0. The summed E-state index contributed by atoms with van der Waals surface area (Å²) in [6.07, 6.45) is -1.12. The lowest BCUT2D eigenvalue weighted by Gasteiger charge is -2.20. The van der Waals surface area contributed by atoms with E-state index in [-0.39, 0.29) is 0 Å². The quantitative estimate of drug-likeness (QED) is 0.568. The molecule has 31 heavy (non-hydrogen) atoms. The number of benzene rings is 3. The average Bonchev–Trinajstić information content (AvgIpc) is 2.78. The number of rotatable bonds is 7. The second-order valence-electron chi connectivity index (χ2n) is 7.33. The van der Waals surface area contributed by atoms with Crippen LogP contribution in [0.1, 0.15) is 27.6 Å². The van der Waals surface area contributed by atoms with E-state index in [2.05, 4.69) is 5.32 Å². The molecular weight excluding hydrogens is 392 g/mol. The SMILES string of the molecule is COc1ccc(C)cc1NC(=O)[C@@H](OC(=O)c1cccc(N(C)C)c1)c1ccccc1. The number of carbonyl (C=O) groups is 2. The number of carbonyl (C=O) groups excluding carboxylic acids is 2.